The Morgan fingerprint density at radius 3 is 2.65 bits per heavy atom. The van der Waals surface area contributed by atoms with Crippen LogP contribution in [0.3, 0.4) is 0 Å². The van der Waals surface area contributed by atoms with Crippen molar-refractivity contribution in [2.24, 2.45) is 0 Å². The highest BCUT2D eigenvalue weighted by Gasteiger charge is 2.30. The Morgan fingerprint density at radius 1 is 1.35 bits per heavy atom. The van der Waals surface area contributed by atoms with E-state index in [1.165, 1.54) is 5.56 Å². The van der Waals surface area contributed by atoms with E-state index in [0.29, 0.717) is 0 Å². The number of Topliss-reactive ketones (excluding diaryl/α,β-unsaturated/α-hetero) is 1. The molecule has 1 fully saturated rings. The second-order valence-electron chi connectivity index (χ2n) is 5.66. The Labute approximate surface area is 121 Å². The van der Waals surface area contributed by atoms with E-state index in [2.05, 4.69) is 11.8 Å². The molecule has 1 aliphatic rings. The van der Waals surface area contributed by atoms with Gasteiger partial charge in [0.15, 0.2) is 5.78 Å². The summed E-state index contributed by atoms with van der Waals surface area (Å²) in [6, 6.07) is 7.89. The molecule has 0 radical (unpaired) electrons. The quantitative estimate of drug-likeness (QED) is 0.840. The first-order valence-corrected chi connectivity index (χ1v) is 7.67. The molecule has 0 spiro atoms. The fourth-order valence-electron chi connectivity index (χ4n) is 3.03. The minimum atomic E-state index is -0.153. The fraction of sp³-hybridized carbons (Fsp3) is 0.588. The van der Waals surface area contributed by atoms with Crippen LogP contribution in [0.5, 0.6) is 0 Å². The first kappa shape index (κ1) is 15.2. The van der Waals surface area contributed by atoms with Gasteiger partial charge in [-0.15, -0.1) is 0 Å². The van der Waals surface area contributed by atoms with Gasteiger partial charge >= 0.3 is 0 Å². The highest BCUT2D eigenvalue weighted by molar-refractivity contribution is 5.99. The number of rotatable bonds is 5. The summed E-state index contributed by atoms with van der Waals surface area (Å²) in [5, 5.41) is 9.48. The molecule has 1 N–H and O–H groups in total. The second-order valence-corrected chi connectivity index (χ2v) is 5.66. The van der Waals surface area contributed by atoms with E-state index in [-0.39, 0.29) is 24.5 Å². The molecule has 3 nitrogen and oxygen atoms in total. The Kier molecular flexibility index (Phi) is 5.32. The lowest BCUT2D eigenvalue weighted by atomic mass is 9.96. The predicted molar refractivity (Wildman–Crippen MR) is 81.0 cm³/mol. The number of carbonyl (C=O) groups is 1. The fourth-order valence-corrected chi connectivity index (χ4v) is 3.03. The van der Waals surface area contributed by atoms with E-state index >= 15 is 0 Å². The number of hydrogen-bond donors (Lipinski definition) is 1. The summed E-state index contributed by atoms with van der Waals surface area (Å²) in [4.78, 5) is 14.7. The summed E-state index contributed by atoms with van der Waals surface area (Å²) in [7, 11) is 0. The average molecular weight is 275 g/mol. The summed E-state index contributed by atoms with van der Waals surface area (Å²) in [6.07, 6.45) is 4.24. The molecule has 20 heavy (non-hydrogen) atoms. The number of ketones is 1. The van der Waals surface area contributed by atoms with Crippen molar-refractivity contribution in [3.63, 3.8) is 0 Å². The van der Waals surface area contributed by atoms with Crippen molar-refractivity contribution in [3.05, 3.63) is 35.4 Å². The van der Waals surface area contributed by atoms with E-state index < -0.39 is 0 Å². The first-order valence-electron chi connectivity index (χ1n) is 7.67. The zero-order chi connectivity index (χ0) is 14.5. The molecule has 1 aromatic carbocycles. The van der Waals surface area contributed by atoms with E-state index in [0.717, 1.165) is 37.8 Å². The van der Waals surface area contributed by atoms with Gasteiger partial charge in [-0.2, -0.15) is 0 Å². The van der Waals surface area contributed by atoms with Crippen LogP contribution < -0.4 is 0 Å². The van der Waals surface area contributed by atoms with Crippen LogP contribution in [0.25, 0.3) is 0 Å². The molecule has 110 valence electrons. The topological polar surface area (TPSA) is 40.5 Å². The standard InChI is InChI=1S/C17H25NO2/c1-3-14-7-9-15(10-8-14)17(20)13(2)18-11-5-4-6-16(18)12-19/h7-10,13,16,19H,3-6,11-12H2,1-2H3. The maximum absolute atomic E-state index is 12.6. The maximum Gasteiger partial charge on any atom is 0.179 e. The van der Waals surface area contributed by atoms with Gasteiger partial charge in [-0.1, -0.05) is 37.6 Å². The molecular formula is C17H25NO2. The van der Waals surface area contributed by atoms with E-state index in [4.69, 9.17) is 0 Å². The Morgan fingerprint density at radius 2 is 2.05 bits per heavy atom. The van der Waals surface area contributed by atoms with Gasteiger partial charge < -0.3 is 5.11 Å². The van der Waals surface area contributed by atoms with Crippen LogP contribution in [0.4, 0.5) is 0 Å². The van der Waals surface area contributed by atoms with Crippen LogP contribution in [0.15, 0.2) is 24.3 Å². The normalized spacial score (nSPS) is 21.6. The molecule has 2 unspecified atom stereocenters. The summed E-state index contributed by atoms with van der Waals surface area (Å²) in [5.41, 5.74) is 2.03. The zero-order valence-electron chi connectivity index (χ0n) is 12.5. The monoisotopic (exact) mass is 275 g/mol. The van der Waals surface area contributed by atoms with Gasteiger partial charge in [0.2, 0.25) is 0 Å². The van der Waals surface area contributed by atoms with Crippen LogP contribution >= 0.6 is 0 Å². The molecule has 0 saturated carbocycles. The third kappa shape index (κ3) is 3.28. The van der Waals surface area contributed by atoms with Crippen molar-refractivity contribution in [2.45, 2.75) is 51.6 Å². The summed E-state index contributed by atoms with van der Waals surface area (Å²) in [6.45, 7) is 5.13. The van der Waals surface area contributed by atoms with Gasteiger partial charge in [-0.3, -0.25) is 9.69 Å². The third-order valence-corrected chi connectivity index (χ3v) is 4.41. The lowest BCUT2D eigenvalue weighted by molar-refractivity contribution is 0.0491. The molecule has 1 aliphatic heterocycles. The van der Waals surface area contributed by atoms with Crippen molar-refractivity contribution in [2.75, 3.05) is 13.2 Å². The molecule has 1 heterocycles. The highest BCUT2D eigenvalue weighted by Crippen LogP contribution is 2.21. The summed E-state index contributed by atoms with van der Waals surface area (Å²) >= 11 is 0. The number of aryl methyl sites for hydroxylation is 1. The SMILES string of the molecule is CCc1ccc(C(=O)C(C)N2CCCCC2CO)cc1. The second kappa shape index (κ2) is 7.00. The van der Waals surface area contributed by atoms with Gasteiger partial charge in [-0.25, -0.2) is 0 Å². The molecule has 3 heteroatoms. The van der Waals surface area contributed by atoms with Gasteiger partial charge in [-0.05, 0) is 38.3 Å². The number of likely N-dealkylation sites (tertiary alicyclic amines) is 1. The molecule has 2 atom stereocenters. The van der Waals surface area contributed by atoms with Crippen LogP contribution in [0.1, 0.15) is 49.0 Å². The lowest BCUT2D eigenvalue weighted by Crippen LogP contribution is -2.49. The predicted octanol–water partition coefficient (Wildman–Crippen LogP) is 2.67. The van der Waals surface area contributed by atoms with E-state index in [1.54, 1.807) is 0 Å². The number of hydrogen-bond acceptors (Lipinski definition) is 3. The van der Waals surface area contributed by atoms with Crippen LogP contribution in [0.2, 0.25) is 0 Å². The Hall–Kier alpha value is -1.19. The summed E-state index contributed by atoms with van der Waals surface area (Å²) in [5.74, 6) is 0.160. The molecule has 1 saturated heterocycles. The molecule has 0 aliphatic carbocycles. The highest BCUT2D eigenvalue weighted by atomic mass is 16.3. The maximum atomic E-state index is 12.6. The smallest absolute Gasteiger partial charge is 0.179 e. The Balaban J connectivity index is 2.10. The number of aliphatic hydroxyl groups excluding tert-OH is 1. The average Bonchev–Trinajstić information content (AvgIpc) is 2.53. The van der Waals surface area contributed by atoms with Crippen LogP contribution in [-0.2, 0) is 6.42 Å². The van der Waals surface area contributed by atoms with Crippen molar-refractivity contribution < 1.29 is 9.90 Å². The minimum absolute atomic E-state index is 0.137. The van der Waals surface area contributed by atoms with Crippen LogP contribution in [-0.4, -0.2) is 41.0 Å². The van der Waals surface area contributed by atoms with E-state index in [9.17, 15) is 9.90 Å². The molecule has 2 rings (SSSR count). The molecule has 0 amide bonds. The largest absolute Gasteiger partial charge is 0.395 e. The van der Waals surface area contributed by atoms with Gasteiger partial charge in [0, 0.05) is 11.6 Å². The van der Waals surface area contributed by atoms with Gasteiger partial charge in [0.1, 0.15) is 0 Å². The lowest BCUT2D eigenvalue weighted by Gasteiger charge is -2.38. The van der Waals surface area contributed by atoms with Crippen molar-refractivity contribution in [3.8, 4) is 0 Å². The number of benzene rings is 1. The van der Waals surface area contributed by atoms with Crippen molar-refractivity contribution >= 4 is 5.78 Å². The van der Waals surface area contributed by atoms with Crippen molar-refractivity contribution in [1.29, 1.82) is 0 Å². The summed E-state index contributed by atoms with van der Waals surface area (Å²) < 4.78 is 0. The zero-order valence-corrected chi connectivity index (χ0v) is 12.5. The van der Waals surface area contributed by atoms with Gasteiger partial charge in [0.05, 0.1) is 12.6 Å². The van der Waals surface area contributed by atoms with E-state index in [1.807, 2.05) is 31.2 Å². The number of carbonyl (C=O) groups excluding carboxylic acids is 1. The van der Waals surface area contributed by atoms with Crippen LogP contribution in [0, 0.1) is 0 Å². The molecule has 1 aromatic rings. The molecule has 0 aromatic heterocycles. The first-order chi connectivity index (χ1) is 9.67. The third-order valence-electron chi connectivity index (χ3n) is 4.41. The number of piperidine rings is 1. The van der Waals surface area contributed by atoms with Crippen molar-refractivity contribution in [1.82, 2.24) is 4.90 Å². The molecule has 0 bridgehead atoms. The van der Waals surface area contributed by atoms with Gasteiger partial charge in [0.25, 0.3) is 0 Å². The number of aliphatic hydroxyl groups is 1. The number of nitrogens with zero attached hydrogens (tertiary/aromatic N) is 1. The molecular weight excluding hydrogens is 250 g/mol. The minimum Gasteiger partial charge on any atom is -0.395 e. The Bertz CT molecular complexity index is 441.